The average Bonchev–Trinajstić information content (AvgIpc) is 2.25. The van der Waals surface area contributed by atoms with Crippen molar-refractivity contribution in [1.82, 2.24) is 9.97 Å². The Balaban J connectivity index is 3.24. The Kier molecular flexibility index (Phi) is 4.56. The Hall–Kier alpha value is -1.87. The minimum Gasteiger partial charge on any atom is -0.462 e. The summed E-state index contributed by atoms with van der Waals surface area (Å²) in [4.78, 5) is 17.2. The Morgan fingerprint density at radius 3 is 2.30 bits per heavy atom. The Labute approximate surface area is 108 Å². The van der Waals surface area contributed by atoms with Crippen molar-refractivity contribution in [2.24, 2.45) is 0 Å². The zero-order chi connectivity index (χ0) is 15.6. The van der Waals surface area contributed by atoms with Crippen molar-refractivity contribution in [2.45, 2.75) is 25.7 Å². The first kappa shape index (κ1) is 16.2. The van der Waals surface area contributed by atoms with Crippen LogP contribution >= 0.6 is 0 Å². The van der Waals surface area contributed by atoms with Gasteiger partial charge in [0.05, 0.1) is 6.61 Å². The summed E-state index contributed by atoms with van der Waals surface area (Å²) in [7, 11) is 0. The zero-order valence-electron chi connectivity index (χ0n) is 9.97. The Bertz CT molecular complexity index is 498. The third-order valence-corrected chi connectivity index (χ3v) is 1.96. The SMILES string of the molecule is CCOC(=O)c1cnc(CC(F)(F)F)nc1C(F)(F)F. The van der Waals surface area contributed by atoms with Gasteiger partial charge in [0.1, 0.15) is 17.8 Å². The molecule has 0 atom stereocenters. The second-order valence-corrected chi connectivity index (χ2v) is 3.56. The van der Waals surface area contributed by atoms with E-state index in [2.05, 4.69) is 14.7 Å². The summed E-state index contributed by atoms with van der Waals surface area (Å²) in [5.74, 6) is -2.42. The third-order valence-electron chi connectivity index (χ3n) is 1.96. The molecule has 0 amide bonds. The van der Waals surface area contributed by atoms with E-state index in [9.17, 15) is 31.1 Å². The molecule has 0 unspecified atom stereocenters. The molecule has 0 fully saturated rings. The van der Waals surface area contributed by atoms with Gasteiger partial charge in [0.15, 0.2) is 5.69 Å². The van der Waals surface area contributed by atoms with E-state index >= 15 is 0 Å². The van der Waals surface area contributed by atoms with Crippen molar-refractivity contribution in [3.63, 3.8) is 0 Å². The molecule has 0 radical (unpaired) electrons. The number of halogens is 6. The molecule has 10 heteroatoms. The fourth-order valence-electron chi connectivity index (χ4n) is 1.26. The monoisotopic (exact) mass is 302 g/mol. The van der Waals surface area contributed by atoms with Crippen LogP contribution in [0.5, 0.6) is 0 Å². The topological polar surface area (TPSA) is 52.1 Å². The minimum absolute atomic E-state index is 0.194. The van der Waals surface area contributed by atoms with E-state index in [1.165, 1.54) is 6.92 Å². The number of nitrogens with zero attached hydrogens (tertiary/aromatic N) is 2. The molecule has 0 aromatic carbocycles. The maximum Gasteiger partial charge on any atom is 0.434 e. The fraction of sp³-hybridized carbons (Fsp3) is 0.500. The number of esters is 1. The van der Waals surface area contributed by atoms with E-state index in [1.54, 1.807) is 0 Å². The van der Waals surface area contributed by atoms with Crippen LogP contribution in [0.1, 0.15) is 28.8 Å². The summed E-state index contributed by atoms with van der Waals surface area (Å²) in [5.41, 5.74) is -2.77. The van der Waals surface area contributed by atoms with Crippen LogP contribution in [0, 0.1) is 0 Å². The zero-order valence-corrected chi connectivity index (χ0v) is 9.97. The van der Waals surface area contributed by atoms with Crippen molar-refractivity contribution in [1.29, 1.82) is 0 Å². The molecule has 0 saturated heterocycles. The molecule has 0 aliphatic rings. The molecule has 112 valence electrons. The molecule has 0 bridgehead atoms. The summed E-state index contributed by atoms with van der Waals surface area (Å²) < 4.78 is 78.7. The molecular weight excluding hydrogens is 294 g/mol. The van der Waals surface area contributed by atoms with Gasteiger partial charge < -0.3 is 4.74 Å². The van der Waals surface area contributed by atoms with Gasteiger partial charge in [-0.3, -0.25) is 0 Å². The van der Waals surface area contributed by atoms with Gasteiger partial charge in [-0.2, -0.15) is 26.3 Å². The molecule has 1 rings (SSSR count). The van der Waals surface area contributed by atoms with Crippen molar-refractivity contribution in [3.8, 4) is 0 Å². The molecular formula is C10H8F6N2O2. The maximum atomic E-state index is 12.7. The lowest BCUT2D eigenvalue weighted by Crippen LogP contribution is -2.21. The molecule has 0 saturated carbocycles. The molecule has 20 heavy (non-hydrogen) atoms. The molecule has 0 aliphatic heterocycles. The van der Waals surface area contributed by atoms with Gasteiger partial charge in [0.25, 0.3) is 0 Å². The second kappa shape index (κ2) is 5.63. The number of alkyl halides is 6. The molecule has 4 nitrogen and oxygen atoms in total. The first-order chi connectivity index (χ1) is 9.04. The molecule has 1 aromatic rings. The standard InChI is InChI=1S/C10H8F6N2O2/c1-2-20-8(19)5-4-17-6(3-9(11,12)13)18-7(5)10(14,15)16/h4H,2-3H2,1H3. The summed E-state index contributed by atoms with van der Waals surface area (Å²) in [5, 5.41) is 0. The summed E-state index contributed by atoms with van der Waals surface area (Å²) >= 11 is 0. The van der Waals surface area contributed by atoms with E-state index in [1.807, 2.05) is 0 Å². The van der Waals surface area contributed by atoms with E-state index in [0.29, 0.717) is 6.20 Å². The fourth-order valence-corrected chi connectivity index (χ4v) is 1.26. The molecule has 0 aliphatic carbocycles. The smallest absolute Gasteiger partial charge is 0.434 e. The second-order valence-electron chi connectivity index (χ2n) is 3.56. The lowest BCUT2D eigenvalue weighted by Gasteiger charge is -2.12. The lowest BCUT2D eigenvalue weighted by atomic mass is 10.2. The first-order valence-electron chi connectivity index (χ1n) is 5.21. The van der Waals surface area contributed by atoms with Crippen LogP contribution in [0.4, 0.5) is 26.3 Å². The van der Waals surface area contributed by atoms with Crippen molar-refractivity contribution in [3.05, 3.63) is 23.3 Å². The Morgan fingerprint density at radius 2 is 1.85 bits per heavy atom. The van der Waals surface area contributed by atoms with Gasteiger partial charge in [-0.05, 0) is 6.92 Å². The summed E-state index contributed by atoms with van der Waals surface area (Å²) in [6, 6.07) is 0. The highest BCUT2D eigenvalue weighted by atomic mass is 19.4. The predicted octanol–water partition coefficient (Wildman–Crippen LogP) is 2.78. The van der Waals surface area contributed by atoms with Gasteiger partial charge in [-0.15, -0.1) is 0 Å². The molecule has 0 N–H and O–H groups in total. The van der Waals surface area contributed by atoms with Crippen LogP contribution < -0.4 is 0 Å². The minimum atomic E-state index is -5.09. The highest BCUT2D eigenvalue weighted by Gasteiger charge is 2.39. The van der Waals surface area contributed by atoms with E-state index in [-0.39, 0.29) is 6.61 Å². The first-order valence-corrected chi connectivity index (χ1v) is 5.21. The predicted molar refractivity (Wildman–Crippen MR) is 52.7 cm³/mol. The van der Waals surface area contributed by atoms with Gasteiger partial charge in [0.2, 0.25) is 0 Å². The molecule has 0 spiro atoms. The van der Waals surface area contributed by atoms with E-state index in [4.69, 9.17) is 0 Å². The normalized spacial score (nSPS) is 12.3. The van der Waals surface area contributed by atoms with Gasteiger partial charge >= 0.3 is 18.3 Å². The number of carbonyl (C=O) groups excluding carboxylic acids is 1. The van der Waals surface area contributed by atoms with Crippen LogP contribution in [0.15, 0.2) is 6.20 Å². The van der Waals surface area contributed by atoms with Crippen LogP contribution in [0.3, 0.4) is 0 Å². The highest BCUT2D eigenvalue weighted by molar-refractivity contribution is 5.90. The number of hydrogen-bond acceptors (Lipinski definition) is 4. The van der Waals surface area contributed by atoms with Gasteiger partial charge in [-0.1, -0.05) is 0 Å². The average molecular weight is 302 g/mol. The van der Waals surface area contributed by atoms with Crippen LogP contribution in [0.2, 0.25) is 0 Å². The number of ether oxygens (including phenoxy) is 1. The lowest BCUT2D eigenvalue weighted by molar-refractivity contribution is -0.143. The molecule has 1 heterocycles. The molecule has 1 aromatic heterocycles. The summed E-state index contributed by atoms with van der Waals surface area (Å²) in [6.07, 6.45) is -11.2. The quantitative estimate of drug-likeness (QED) is 0.636. The number of carbonyl (C=O) groups is 1. The van der Waals surface area contributed by atoms with Crippen molar-refractivity contribution < 1.29 is 35.9 Å². The van der Waals surface area contributed by atoms with E-state index < -0.39 is 41.8 Å². The highest BCUT2D eigenvalue weighted by Crippen LogP contribution is 2.31. The van der Waals surface area contributed by atoms with Gasteiger partial charge in [0, 0.05) is 6.20 Å². The number of rotatable bonds is 3. The van der Waals surface area contributed by atoms with Crippen molar-refractivity contribution in [2.75, 3.05) is 6.61 Å². The van der Waals surface area contributed by atoms with Crippen LogP contribution in [-0.4, -0.2) is 28.7 Å². The van der Waals surface area contributed by atoms with Crippen LogP contribution in [0.25, 0.3) is 0 Å². The number of aromatic nitrogens is 2. The van der Waals surface area contributed by atoms with Crippen molar-refractivity contribution >= 4 is 5.97 Å². The third kappa shape index (κ3) is 4.35. The largest absolute Gasteiger partial charge is 0.462 e. The summed E-state index contributed by atoms with van der Waals surface area (Å²) in [6.45, 7) is 1.17. The van der Waals surface area contributed by atoms with Crippen LogP contribution in [-0.2, 0) is 17.3 Å². The Morgan fingerprint density at radius 1 is 1.25 bits per heavy atom. The maximum absolute atomic E-state index is 12.7. The van der Waals surface area contributed by atoms with E-state index in [0.717, 1.165) is 0 Å². The number of hydrogen-bond donors (Lipinski definition) is 0. The van der Waals surface area contributed by atoms with Gasteiger partial charge in [-0.25, -0.2) is 14.8 Å².